The highest BCUT2D eigenvalue weighted by atomic mass is 16.2. The quantitative estimate of drug-likeness (QED) is 0.648. The van der Waals surface area contributed by atoms with E-state index in [9.17, 15) is 4.79 Å². The number of amides is 1. The summed E-state index contributed by atoms with van der Waals surface area (Å²) in [7, 11) is 0. The maximum absolute atomic E-state index is 12.9. The summed E-state index contributed by atoms with van der Waals surface area (Å²) in [5, 5.41) is 0. The van der Waals surface area contributed by atoms with Crippen molar-refractivity contribution < 1.29 is 4.79 Å². The highest BCUT2D eigenvalue weighted by Gasteiger charge is 2.34. The van der Waals surface area contributed by atoms with Crippen LogP contribution in [-0.2, 0) is 17.8 Å². The number of fused-ring (bicyclic) bond motifs is 1. The van der Waals surface area contributed by atoms with Gasteiger partial charge in [-0.15, -0.1) is 0 Å². The van der Waals surface area contributed by atoms with Crippen molar-refractivity contribution >= 4 is 17.7 Å². The van der Waals surface area contributed by atoms with E-state index in [0.717, 1.165) is 47.8 Å². The molecule has 158 valence electrons. The third-order valence-electron chi connectivity index (χ3n) is 6.18. The number of nitrogens with zero attached hydrogens (tertiary/aromatic N) is 6. The molecule has 1 aromatic carbocycles. The largest absolute Gasteiger partial charge is 0.331 e. The fourth-order valence-corrected chi connectivity index (χ4v) is 4.51. The third-order valence-corrected chi connectivity index (χ3v) is 6.18. The molecular weight excluding hydrogens is 388 g/mol. The zero-order chi connectivity index (χ0) is 21.4. The molecule has 0 radical (unpaired) electrons. The number of hydrogen-bond acceptors (Lipinski definition) is 6. The minimum absolute atomic E-state index is 0.0182. The van der Waals surface area contributed by atoms with Crippen molar-refractivity contribution in [3.8, 4) is 0 Å². The first-order valence-corrected chi connectivity index (χ1v) is 10.9. The maximum Gasteiger partial charge on any atom is 0.228 e. The number of anilines is 2. The second-order valence-electron chi connectivity index (χ2n) is 8.34. The van der Waals surface area contributed by atoms with Crippen LogP contribution in [0.15, 0.2) is 42.7 Å². The van der Waals surface area contributed by atoms with E-state index in [2.05, 4.69) is 46.1 Å². The van der Waals surface area contributed by atoms with Gasteiger partial charge in [0.2, 0.25) is 11.9 Å². The van der Waals surface area contributed by atoms with Gasteiger partial charge in [0.15, 0.2) is 5.82 Å². The molecule has 3 aromatic rings. The molecule has 1 saturated heterocycles. The standard InChI is InChI=1S/C24H26N6O/c1-16-6-8-18(9-7-16)15-30-21(31)11-10-19-17(2)27-22(28-23(19)30)20-5-3-14-29(20)24-25-12-4-13-26-24/h4,6-9,12-13,20H,3,5,10-11,14-15H2,1-2H3/t20-/m1/s1. The van der Waals surface area contributed by atoms with Crippen LogP contribution in [0.2, 0.25) is 0 Å². The zero-order valence-corrected chi connectivity index (χ0v) is 18.0. The van der Waals surface area contributed by atoms with Crippen LogP contribution in [0.1, 0.15) is 53.5 Å². The molecule has 2 aliphatic rings. The third kappa shape index (κ3) is 3.76. The highest BCUT2D eigenvalue weighted by molar-refractivity contribution is 5.95. The Hall–Kier alpha value is -3.35. The molecule has 0 N–H and O–H groups in total. The molecule has 1 fully saturated rings. The van der Waals surface area contributed by atoms with E-state index in [1.807, 2.05) is 17.9 Å². The number of aromatic nitrogens is 4. The Bertz CT molecular complexity index is 1100. The molecule has 7 nitrogen and oxygen atoms in total. The minimum atomic E-state index is 0.0182. The molecule has 0 aliphatic carbocycles. The van der Waals surface area contributed by atoms with Crippen molar-refractivity contribution in [1.29, 1.82) is 0 Å². The van der Waals surface area contributed by atoms with E-state index in [-0.39, 0.29) is 11.9 Å². The van der Waals surface area contributed by atoms with Crippen LogP contribution in [0.3, 0.4) is 0 Å². The van der Waals surface area contributed by atoms with Crippen molar-refractivity contribution in [2.24, 2.45) is 0 Å². The summed E-state index contributed by atoms with van der Waals surface area (Å²) >= 11 is 0. The van der Waals surface area contributed by atoms with Gasteiger partial charge >= 0.3 is 0 Å². The van der Waals surface area contributed by atoms with Crippen LogP contribution in [0.4, 0.5) is 11.8 Å². The van der Waals surface area contributed by atoms with Gasteiger partial charge in [0.1, 0.15) is 5.82 Å². The molecule has 0 bridgehead atoms. The number of aryl methyl sites for hydroxylation is 2. The lowest BCUT2D eigenvalue weighted by Crippen LogP contribution is -2.37. The summed E-state index contributed by atoms with van der Waals surface area (Å²) in [6, 6.07) is 10.2. The molecule has 7 heteroatoms. The minimum Gasteiger partial charge on any atom is -0.331 e. The molecule has 2 aromatic heterocycles. The van der Waals surface area contributed by atoms with E-state index in [4.69, 9.17) is 9.97 Å². The first-order chi connectivity index (χ1) is 15.1. The Morgan fingerprint density at radius 1 is 1.03 bits per heavy atom. The summed E-state index contributed by atoms with van der Waals surface area (Å²) in [5.74, 6) is 2.34. The molecule has 2 aliphatic heterocycles. The van der Waals surface area contributed by atoms with Crippen LogP contribution >= 0.6 is 0 Å². The average Bonchev–Trinajstić information content (AvgIpc) is 3.28. The molecular formula is C24H26N6O. The fraction of sp³-hybridized carbons (Fsp3) is 0.375. The molecule has 0 unspecified atom stereocenters. The SMILES string of the molecule is Cc1ccc(CN2C(=O)CCc3c(C)nc([C@H]4CCCN4c4ncccn4)nc32)cc1. The monoisotopic (exact) mass is 414 g/mol. The van der Waals surface area contributed by atoms with Crippen LogP contribution < -0.4 is 9.80 Å². The van der Waals surface area contributed by atoms with E-state index in [0.29, 0.717) is 25.3 Å². The van der Waals surface area contributed by atoms with Gasteiger partial charge in [-0.05, 0) is 44.7 Å². The predicted octanol–water partition coefficient (Wildman–Crippen LogP) is 3.70. The molecule has 1 atom stereocenters. The molecule has 0 spiro atoms. The van der Waals surface area contributed by atoms with Crippen LogP contribution in [0.25, 0.3) is 0 Å². The number of rotatable bonds is 4. The van der Waals surface area contributed by atoms with E-state index in [1.54, 1.807) is 12.4 Å². The van der Waals surface area contributed by atoms with Crippen molar-refractivity contribution in [1.82, 2.24) is 19.9 Å². The van der Waals surface area contributed by atoms with Gasteiger partial charge in [-0.1, -0.05) is 29.8 Å². The maximum atomic E-state index is 12.9. The lowest BCUT2D eigenvalue weighted by molar-refractivity contribution is -0.119. The second-order valence-corrected chi connectivity index (χ2v) is 8.34. The molecule has 1 amide bonds. The molecule has 5 rings (SSSR count). The molecule has 4 heterocycles. The van der Waals surface area contributed by atoms with E-state index in [1.165, 1.54) is 5.56 Å². The number of hydrogen-bond donors (Lipinski definition) is 0. The Morgan fingerprint density at radius 2 is 1.81 bits per heavy atom. The van der Waals surface area contributed by atoms with Gasteiger partial charge < -0.3 is 4.90 Å². The average molecular weight is 415 g/mol. The second kappa shape index (κ2) is 8.06. The van der Waals surface area contributed by atoms with Gasteiger partial charge in [0.25, 0.3) is 0 Å². The van der Waals surface area contributed by atoms with Crippen LogP contribution in [0, 0.1) is 13.8 Å². The van der Waals surface area contributed by atoms with Crippen molar-refractivity contribution in [3.05, 3.63) is 70.9 Å². The number of benzene rings is 1. The smallest absolute Gasteiger partial charge is 0.228 e. The van der Waals surface area contributed by atoms with Gasteiger partial charge in [-0.25, -0.2) is 19.9 Å². The zero-order valence-electron chi connectivity index (χ0n) is 18.0. The summed E-state index contributed by atoms with van der Waals surface area (Å²) in [6.07, 6.45) is 6.70. The van der Waals surface area contributed by atoms with Crippen molar-refractivity contribution in [2.45, 2.75) is 52.1 Å². The predicted molar refractivity (Wildman–Crippen MR) is 119 cm³/mol. The van der Waals surface area contributed by atoms with Gasteiger partial charge in [-0.3, -0.25) is 9.69 Å². The van der Waals surface area contributed by atoms with Gasteiger partial charge in [-0.2, -0.15) is 0 Å². The van der Waals surface area contributed by atoms with Crippen molar-refractivity contribution in [3.63, 3.8) is 0 Å². The van der Waals surface area contributed by atoms with E-state index < -0.39 is 0 Å². The van der Waals surface area contributed by atoms with Crippen molar-refractivity contribution in [2.75, 3.05) is 16.3 Å². The first-order valence-electron chi connectivity index (χ1n) is 10.9. The Labute approximate surface area is 182 Å². The lowest BCUT2D eigenvalue weighted by Gasteiger charge is -2.31. The van der Waals surface area contributed by atoms with E-state index >= 15 is 0 Å². The number of carbonyl (C=O) groups excluding carboxylic acids is 1. The fourth-order valence-electron chi connectivity index (χ4n) is 4.51. The summed E-state index contributed by atoms with van der Waals surface area (Å²) < 4.78 is 0. The van der Waals surface area contributed by atoms with Crippen LogP contribution in [0.5, 0.6) is 0 Å². The summed E-state index contributed by atoms with van der Waals surface area (Å²) in [6.45, 7) is 5.50. The number of carbonyl (C=O) groups is 1. The van der Waals surface area contributed by atoms with Gasteiger partial charge in [0.05, 0.1) is 12.6 Å². The lowest BCUT2D eigenvalue weighted by atomic mass is 10.0. The Kier molecular flexibility index (Phi) is 5.10. The topological polar surface area (TPSA) is 75.1 Å². The Morgan fingerprint density at radius 3 is 2.58 bits per heavy atom. The normalized spacial score (nSPS) is 18.4. The first kappa shape index (κ1) is 19.6. The van der Waals surface area contributed by atoms with Gasteiger partial charge in [0, 0.05) is 36.6 Å². The summed E-state index contributed by atoms with van der Waals surface area (Å²) in [5.41, 5.74) is 4.35. The highest BCUT2D eigenvalue weighted by Crippen LogP contribution is 2.36. The van der Waals surface area contributed by atoms with Crippen LogP contribution in [-0.4, -0.2) is 32.4 Å². The summed E-state index contributed by atoms with van der Waals surface area (Å²) in [4.78, 5) is 35.6. The molecule has 31 heavy (non-hydrogen) atoms. The Balaban J connectivity index is 1.52. The molecule has 0 saturated carbocycles.